The first-order chi connectivity index (χ1) is 14.6. The molecule has 2 aliphatic heterocycles. The summed E-state index contributed by atoms with van der Waals surface area (Å²) in [6, 6.07) is 7.09. The lowest BCUT2D eigenvalue weighted by molar-refractivity contribution is -0.190. The quantitative estimate of drug-likeness (QED) is 0.677. The Labute approximate surface area is 173 Å². The summed E-state index contributed by atoms with van der Waals surface area (Å²) in [5.74, 6) is -3.36. The molecule has 0 unspecified atom stereocenters. The number of Topliss-reactive ketones (excluding diaryl/α,β-unsaturated/α-hetero) is 1. The summed E-state index contributed by atoms with van der Waals surface area (Å²) in [6.45, 7) is -0.0714. The highest BCUT2D eigenvalue weighted by Crippen LogP contribution is 2.45. The molecule has 8 nitrogen and oxygen atoms in total. The van der Waals surface area contributed by atoms with Gasteiger partial charge in [-0.05, 0) is 29.8 Å². The molecule has 1 saturated heterocycles. The van der Waals surface area contributed by atoms with Crippen LogP contribution in [0.3, 0.4) is 0 Å². The summed E-state index contributed by atoms with van der Waals surface area (Å²) < 4.78 is 56.1. The Balaban J connectivity index is 1.84. The second-order valence-corrected chi connectivity index (χ2v) is 7.02. The fourth-order valence-electron chi connectivity index (χ4n) is 3.75. The Bertz CT molecular complexity index is 1030. The van der Waals surface area contributed by atoms with E-state index in [0.29, 0.717) is 11.5 Å². The Kier molecular flexibility index (Phi) is 4.92. The van der Waals surface area contributed by atoms with Gasteiger partial charge in [0.2, 0.25) is 12.6 Å². The highest BCUT2D eigenvalue weighted by atomic mass is 19.4. The Hall–Kier alpha value is -3.47. The molecular formula is C20H17F3N2O6. The molecule has 2 aromatic carbocycles. The van der Waals surface area contributed by atoms with Crippen molar-refractivity contribution in [1.29, 1.82) is 0 Å². The smallest absolute Gasteiger partial charge is 0.450 e. The number of carbonyl (C=O) groups is 2. The van der Waals surface area contributed by atoms with Crippen molar-refractivity contribution < 1.29 is 42.1 Å². The molecule has 2 amide bonds. The first-order valence-electron chi connectivity index (χ1n) is 9.09. The standard InChI is InChI=1S/C20H17F3N2O6/c1-29-12-5-3-11(4-6-12)19(28)15(17(26)20(21,22)23)16(24-18(27)25-19)10-2-7-13-14(8-10)31-9-30-13/h2-8,15-16,28H,9H2,1H3,(H2,24,25,27)/t15-,16+,19-/m1/s1. The van der Waals surface area contributed by atoms with Gasteiger partial charge in [-0.25, -0.2) is 4.79 Å². The Morgan fingerprint density at radius 3 is 2.48 bits per heavy atom. The second kappa shape index (κ2) is 7.34. The van der Waals surface area contributed by atoms with Crippen LogP contribution in [0, 0.1) is 5.92 Å². The van der Waals surface area contributed by atoms with Crippen LogP contribution in [0.1, 0.15) is 17.2 Å². The molecular weight excluding hydrogens is 421 g/mol. The van der Waals surface area contributed by atoms with Crippen LogP contribution in [0.4, 0.5) is 18.0 Å². The molecule has 2 heterocycles. The highest BCUT2D eigenvalue weighted by molar-refractivity contribution is 5.91. The van der Waals surface area contributed by atoms with Gasteiger partial charge in [0.05, 0.1) is 13.2 Å². The summed E-state index contributed by atoms with van der Waals surface area (Å²) in [6.07, 6.45) is -5.27. The number of urea groups is 1. The molecule has 164 valence electrons. The van der Waals surface area contributed by atoms with E-state index in [9.17, 15) is 27.9 Å². The molecule has 3 atom stereocenters. The van der Waals surface area contributed by atoms with Crippen LogP contribution in [0.25, 0.3) is 0 Å². The van der Waals surface area contributed by atoms with Crippen LogP contribution in [-0.4, -0.2) is 37.0 Å². The number of alkyl halides is 3. The average Bonchev–Trinajstić information content (AvgIpc) is 3.20. The number of ketones is 1. The molecule has 2 aliphatic rings. The van der Waals surface area contributed by atoms with E-state index in [2.05, 4.69) is 10.6 Å². The van der Waals surface area contributed by atoms with Crippen LogP contribution >= 0.6 is 0 Å². The van der Waals surface area contributed by atoms with E-state index in [-0.39, 0.29) is 23.7 Å². The number of fused-ring (bicyclic) bond motifs is 1. The predicted molar refractivity (Wildman–Crippen MR) is 98.4 cm³/mol. The van der Waals surface area contributed by atoms with E-state index in [1.54, 1.807) is 0 Å². The molecule has 0 spiro atoms. The zero-order chi connectivity index (χ0) is 22.4. The van der Waals surface area contributed by atoms with Crippen LogP contribution in [0.2, 0.25) is 0 Å². The number of carbonyl (C=O) groups excluding carboxylic acids is 2. The van der Waals surface area contributed by atoms with Crippen LogP contribution in [-0.2, 0) is 10.5 Å². The number of aliphatic hydroxyl groups is 1. The molecule has 0 radical (unpaired) electrons. The maximum absolute atomic E-state index is 13.6. The SMILES string of the molecule is COc1ccc([C@]2(O)NC(=O)N[C@@H](c3ccc4c(c3)OCO4)[C@@H]2C(=O)C(F)(F)F)cc1. The van der Waals surface area contributed by atoms with Gasteiger partial charge in [-0.3, -0.25) is 4.79 Å². The van der Waals surface area contributed by atoms with Crippen molar-refractivity contribution in [3.63, 3.8) is 0 Å². The van der Waals surface area contributed by atoms with Gasteiger partial charge in [-0.1, -0.05) is 18.2 Å². The number of rotatable bonds is 4. The summed E-state index contributed by atoms with van der Waals surface area (Å²) in [4.78, 5) is 24.9. The molecule has 4 rings (SSSR count). The highest BCUT2D eigenvalue weighted by Gasteiger charge is 2.59. The van der Waals surface area contributed by atoms with Gasteiger partial charge in [-0.2, -0.15) is 13.2 Å². The van der Waals surface area contributed by atoms with E-state index in [0.717, 1.165) is 0 Å². The van der Waals surface area contributed by atoms with Crippen molar-refractivity contribution in [1.82, 2.24) is 10.6 Å². The lowest BCUT2D eigenvalue weighted by atomic mass is 9.76. The van der Waals surface area contributed by atoms with Crippen molar-refractivity contribution in [2.75, 3.05) is 13.9 Å². The van der Waals surface area contributed by atoms with Crippen molar-refractivity contribution in [2.45, 2.75) is 17.9 Å². The van der Waals surface area contributed by atoms with E-state index >= 15 is 0 Å². The first-order valence-corrected chi connectivity index (χ1v) is 9.09. The van der Waals surface area contributed by atoms with Crippen molar-refractivity contribution in [3.05, 3.63) is 53.6 Å². The number of methoxy groups -OCH3 is 1. The topological polar surface area (TPSA) is 106 Å². The van der Waals surface area contributed by atoms with E-state index < -0.39 is 35.7 Å². The summed E-state index contributed by atoms with van der Waals surface area (Å²) in [5, 5.41) is 15.7. The largest absolute Gasteiger partial charge is 0.497 e. The lowest BCUT2D eigenvalue weighted by Gasteiger charge is -2.45. The maximum atomic E-state index is 13.6. The predicted octanol–water partition coefficient (Wildman–Crippen LogP) is 2.37. The van der Waals surface area contributed by atoms with Gasteiger partial charge in [0.25, 0.3) is 0 Å². The number of halogens is 3. The van der Waals surface area contributed by atoms with Gasteiger partial charge in [0.1, 0.15) is 11.7 Å². The minimum Gasteiger partial charge on any atom is -0.497 e. The van der Waals surface area contributed by atoms with E-state index in [1.807, 2.05) is 0 Å². The molecule has 31 heavy (non-hydrogen) atoms. The Morgan fingerprint density at radius 1 is 1.16 bits per heavy atom. The molecule has 0 aromatic heterocycles. The zero-order valence-electron chi connectivity index (χ0n) is 16.0. The maximum Gasteiger partial charge on any atom is 0.450 e. The van der Waals surface area contributed by atoms with Gasteiger partial charge in [0, 0.05) is 5.56 Å². The molecule has 2 aromatic rings. The summed E-state index contributed by atoms with van der Waals surface area (Å²) in [7, 11) is 1.39. The fourth-order valence-corrected chi connectivity index (χ4v) is 3.75. The first kappa shape index (κ1) is 20.8. The normalized spacial score (nSPS) is 24.9. The number of benzene rings is 2. The van der Waals surface area contributed by atoms with Gasteiger partial charge >= 0.3 is 12.2 Å². The summed E-state index contributed by atoms with van der Waals surface area (Å²) in [5.41, 5.74) is -2.63. The molecule has 0 bridgehead atoms. The van der Waals surface area contributed by atoms with Crippen LogP contribution in [0.5, 0.6) is 17.2 Å². The minimum atomic E-state index is -5.27. The van der Waals surface area contributed by atoms with E-state index in [4.69, 9.17) is 14.2 Å². The molecule has 0 saturated carbocycles. The van der Waals surface area contributed by atoms with E-state index in [1.165, 1.54) is 49.6 Å². The van der Waals surface area contributed by atoms with Crippen molar-refractivity contribution >= 4 is 11.8 Å². The summed E-state index contributed by atoms with van der Waals surface area (Å²) >= 11 is 0. The number of hydrogen-bond acceptors (Lipinski definition) is 6. The monoisotopic (exact) mass is 438 g/mol. The molecule has 3 N–H and O–H groups in total. The molecule has 11 heteroatoms. The number of nitrogens with one attached hydrogen (secondary N) is 2. The van der Waals surface area contributed by atoms with Gasteiger partial charge in [0.15, 0.2) is 17.2 Å². The zero-order valence-corrected chi connectivity index (χ0v) is 16.0. The third-order valence-corrected chi connectivity index (χ3v) is 5.22. The molecule has 1 fully saturated rings. The van der Waals surface area contributed by atoms with Crippen LogP contribution in [0.15, 0.2) is 42.5 Å². The fraction of sp³-hybridized carbons (Fsp3) is 0.300. The van der Waals surface area contributed by atoms with Crippen molar-refractivity contribution in [2.24, 2.45) is 5.92 Å². The second-order valence-electron chi connectivity index (χ2n) is 7.02. The number of amides is 2. The van der Waals surface area contributed by atoms with Gasteiger partial charge < -0.3 is 30.0 Å². The number of hydrogen-bond donors (Lipinski definition) is 3. The minimum absolute atomic E-state index is 0.0714. The number of ether oxygens (including phenoxy) is 3. The Morgan fingerprint density at radius 2 is 1.84 bits per heavy atom. The lowest BCUT2D eigenvalue weighted by Crippen LogP contribution is -2.66. The van der Waals surface area contributed by atoms with Crippen LogP contribution < -0.4 is 24.8 Å². The third kappa shape index (κ3) is 3.61. The third-order valence-electron chi connectivity index (χ3n) is 5.22. The van der Waals surface area contributed by atoms with Gasteiger partial charge in [-0.15, -0.1) is 0 Å². The molecule has 0 aliphatic carbocycles. The van der Waals surface area contributed by atoms with Crippen molar-refractivity contribution in [3.8, 4) is 17.2 Å². The average molecular weight is 438 g/mol.